The van der Waals surface area contributed by atoms with Crippen molar-refractivity contribution in [1.82, 2.24) is 4.90 Å². The first-order chi connectivity index (χ1) is 8.36. The number of likely N-dealkylation sites (N-methyl/N-ethyl adjacent to an activating group) is 1. The predicted octanol–water partition coefficient (Wildman–Crippen LogP) is 1.89. The molecule has 0 radical (unpaired) electrons. The monoisotopic (exact) mass is 272 g/mol. The van der Waals surface area contributed by atoms with E-state index in [4.69, 9.17) is 16.3 Å². The highest BCUT2D eigenvalue weighted by atomic mass is 35.5. The molecular formula is C11H13ClN2O4. The fourth-order valence-electron chi connectivity index (χ4n) is 1.35. The minimum Gasteiger partial charge on any atom is -0.490 e. The molecule has 0 heterocycles. The highest BCUT2D eigenvalue weighted by Gasteiger charge is 2.19. The van der Waals surface area contributed by atoms with Gasteiger partial charge in [-0.2, -0.15) is 0 Å². The maximum atomic E-state index is 11.6. The van der Waals surface area contributed by atoms with E-state index in [1.165, 1.54) is 24.1 Å². The molecule has 0 fully saturated rings. The lowest BCUT2D eigenvalue weighted by Gasteiger charge is -2.12. The number of nitro benzene ring substituents is 1. The number of nitrogens with zero attached hydrogens (tertiary/aromatic N) is 2. The van der Waals surface area contributed by atoms with Gasteiger partial charge in [0.1, 0.15) is 0 Å². The van der Waals surface area contributed by atoms with Gasteiger partial charge in [-0.25, -0.2) is 0 Å². The van der Waals surface area contributed by atoms with Crippen LogP contribution in [0.2, 0.25) is 5.02 Å². The second kappa shape index (κ2) is 5.68. The standard InChI is InChI=1S/C11H13ClN2O4/c1-13(2)11(15)5-7-4-10(18-3)9(14(16)17)6-8(7)12/h4,6H,5H2,1-3H3. The van der Waals surface area contributed by atoms with Crippen molar-refractivity contribution in [3.05, 3.63) is 32.8 Å². The number of rotatable bonds is 4. The Bertz CT molecular complexity index is 488. The number of ether oxygens (including phenoxy) is 1. The molecule has 98 valence electrons. The predicted molar refractivity (Wildman–Crippen MR) is 67.1 cm³/mol. The number of benzene rings is 1. The third-order valence-corrected chi connectivity index (χ3v) is 2.74. The molecule has 0 aliphatic heterocycles. The van der Waals surface area contributed by atoms with Gasteiger partial charge >= 0.3 is 5.69 Å². The molecule has 0 atom stereocenters. The molecule has 18 heavy (non-hydrogen) atoms. The largest absolute Gasteiger partial charge is 0.490 e. The summed E-state index contributed by atoms with van der Waals surface area (Å²) >= 11 is 5.92. The minimum atomic E-state index is -0.581. The van der Waals surface area contributed by atoms with E-state index in [0.29, 0.717) is 5.56 Å². The van der Waals surface area contributed by atoms with Crippen LogP contribution in [0, 0.1) is 10.1 Å². The zero-order valence-electron chi connectivity index (χ0n) is 10.3. The topological polar surface area (TPSA) is 72.7 Å². The van der Waals surface area contributed by atoms with Gasteiger partial charge in [0, 0.05) is 20.2 Å². The SMILES string of the molecule is COc1cc(CC(=O)N(C)C)c(Cl)cc1[N+](=O)[O-]. The van der Waals surface area contributed by atoms with E-state index in [-0.39, 0.29) is 28.8 Å². The van der Waals surface area contributed by atoms with Crippen LogP contribution in [0.1, 0.15) is 5.56 Å². The number of amides is 1. The van der Waals surface area contributed by atoms with Crippen LogP contribution in [0.5, 0.6) is 5.75 Å². The van der Waals surface area contributed by atoms with Crippen LogP contribution in [0.15, 0.2) is 12.1 Å². The van der Waals surface area contributed by atoms with Crippen LogP contribution in [-0.4, -0.2) is 36.9 Å². The second-order valence-corrected chi connectivity index (χ2v) is 4.24. The molecule has 1 amide bonds. The molecule has 0 aliphatic carbocycles. The molecule has 0 N–H and O–H groups in total. The van der Waals surface area contributed by atoms with Crippen LogP contribution in [0.4, 0.5) is 5.69 Å². The Labute approximate surface area is 109 Å². The van der Waals surface area contributed by atoms with Gasteiger partial charge in [0.05, 0.1) is 23.5 Å². The first-order valence-corrected chi connectivity index (χ1v) is 5.45. The summed E-state index contributed by atoms with van der Waals surface area (Å²) in [5.74, 6) is -0.0567. The Balaban J connectivity index is 3.15. The van der Waals surface area contributed by atoms with Crippen molar-refractivity contribution in [2.45, 2.75) is 6.42 Å². The van der Waals surface area contributed by atoms with Gasteiger partial charge < -0.3 is 9.64 Å². The Hall–Kier alpha value is -1.82. The third-order valence-electron chi connectivity index (χ3n) is 2.39. The summed E-state index contributed by atoms with van der Waals surface area (Å²) in [4.78, 5) is 23.2. The average Bonchev–Trinajstić information content (AvgIpc) is 2.30. The van der Waals surface area contributed by atoms with Gasteiger partial charge in [0.2, 0.25) is 5.91 Å². The molecule has 0 saturated carbocycles. The Morgan fingerprint density at radius 3 is 2.56 bits per heavy atom. The van der Waals surface area contributed by atoms with Crippen LogP contribution in [-0.2, 0) is 11.2 Å². The molecule has 0 aromatic heterocycles. The van der Waals surface area contributed by atoms with E-state index in [2.05, 4.69) is 0 Å². The molecule has 0 aliphatic rings. The first-order valence-electron chi connectivity index (χ1n) is 5.07. The van der Waals surface area contributed by atoms with Crippen LogP contribution < -0.4 is 4.74 Å². The van der Waals surface area contributed by atoms with Gasteiger partial charge in [-0.3, -0.25) is 14.9 Å². The Morgan fingerprint density at radius 2 is 2.11 bits per heavy atom. The number of hydrogen-bond acceptors (Lipinski definition) is 4. The van der Waals surface area contributed by atoms with Crippen molar-refractivity contribution in [1.29, 1.82) is 0 Å². The van der Waals surface area contributed by atoms with Crippen molar-refractivity contribution >= 4 is 23.2 Å². The highest BCUT2D eigenvalue weighted by molar-refractivity contribution is 6.31. The van der Waals surface area contributed by atoms with Crippen molar-refractivity contribution in [2.24, 2.45) is 0 Å². The molecule has 0 spiro atoms. The highest BCUT2D eigenvalue weighted by Crippen LogP contribution is 2.33. The van der Waals surface area contributed by atoms with E-state index in [1.807, 2.05) is 0 Å². The van der Waals surface area contributed by atoms with Gasteiger partial charge in [-0.15, -0.1) is 0 Å². The molecule has 1 aromatic rings. The maximum Gasteiger partial charge on any atom is 0.312 e. The van der Waals surface area contributed by atoms with E-state index < -0.39 is 4.92 Å². The van der Waals surface area contributed by atoms with E-state index >= 15 is 0 Å². The summed E-state index contributed by atoms with van der Waals surface area (Å²) in [6.45, 7) is 0. The number of nitro groups is 1. The molecule has 0 unspecified atom stereocenters. The summed E-state index contributed by atoms with van der Waals surface area (Å²) < 4.78 is 4.92. The summed E-state index contributed by atoms with van der Waals surface area (Å²) in [5, 5.41) is 10.9. The Kier molecular flexibility index (Phi) is 4.49. The third kappa shape index (κ3) is 3.10. The number of carbonyl (C=O) groups excluding carboxylic acids is 1. The maximum absolute atomic E-state index is 11.6. The molecule has 7 heteroatoms. The zero-order chi connectivity index (χ0) is 13.9. The van der Waals surface area contributed by atoms with Crippen LogP contribution >= 0.6 is 11.6 Å². The van der Waals surface area contributed by atoms with Crippen LogP contribution in [0.25, 0.3) is 0 Å². The van der Waals surface area contributed by atoms with Crippen molar-refractivity contribution in [3.63, 3.8) is 0 Å². The Morgan fingerprint density at radius 1 is 1.50 bits per heavy atom. The normalized spacial score (nSPS) is 10.0. The molecular weight excluding hydrogens is 260 g/mol. The summed E-state index contributed by atoms with van der Waals surface area (Å²) in [6.07, 6.45) is 0.0696. The zero-order valence-corrected chi connectivity index (χ0v) is 11.0. The van der Waals surface area contributed by atoms with Crippen molar-refractivity contribution in [3.8, 4) is 5.75 Å². The molecule has 0 bridgehead atoms. The number of hydrogen-bond donors (Lipinski definition) is 0. The van der Waals surface area contributed by atoms with E-state index in [1.54, 1.807) is 14.1 Å². The number of methoxy groups -OCH3 is 1. The number of halogens is 1. The summed E-state index contributed by atoms with van der Waals surface area (Å²) in [5.41, 5.74) is 0.279. The fourth-order valence-corrected chi connectivity index (χ4v) is 1.57. The molecule has 6 nitrogen and oxygen atoms in total. The van der Waals surface area contributed by atoms with Gasteiger partial charge in [0.15, 0.2) is 5.75 Å². The fraction of sp³-hybridized carbons (Fsp3) is 0.364. The van der Waals surface area contributed by atoms with E-state index in [9.17, 15) is 14.9 Å². The molecule has 0 saturated heterocycles. The summed E-state index contributed by atoms with van der Waals surface area (Å²) in [6, 6.07) is 2.61. The van der Waals surface area contributed by atoms with Crippen molar-refractivity contribution < 1.29 is 14.5 Å². The van der Waals surface area contributed by atoms with Crippen molar-refractivity contribution in [2.75, 3.05) is 21.2 Å². The molecule has 1 rings (SSSR count). The number of carbonyl (C=O) groups is 1. The van der Waals surface area contributed by atoms with E-state index in [0.717, 1.165) is 0 Å². The van der Waals surface area contributed by atoms with Gasteiger partial charge in [0.25, 0.3) is 0 Å². The molecule has 1 aromatic carbocycles. The van der Waals surface area contributed by atoms with Gasteiger partial charge in [-0.05, 0) is 11.6 Å². The smallest absolute Gasteiger partial charge is 0.312 e. The van der Waals surface area contributed by atoms with Gasteiger partial charge in [-0.1, -0.05) is 11.6 Å². The lowest BCUT2D eigenvalue weighted by Crippen LogP contribution is -2.23. The quantitative estimate of drug-likeness (QED) is 0.620. The average molecular weight is 273 g/mol. The van der Waals surface area contributed by atoms with Crippen LogP contribution in [0.3, 0.4) is 0 Å². The lowest BCUT2D eigenvalue weighted by atomic mass is 10.1. The minimum absolute atomic E-state index is 0.0696. The first kappa shape index (κ1) is 14.2. The lowest BCUT2D eigenvalue weighted by molar-refractivity contribution is -0.385. The summed E-state index contributed by atoms with van der Waals surface area (Å²) in [7, 11) is 4.57. The second-order valence-electron chi connectivity index (χ2n) is 3.84.